The van der Waals surface area contributed by atoms with Crippen LogP contribution in [0.2, 0.25) is 0 Å². The Hall–Kier alpha value is -3.76. The van der Waals surface area contributed by atoms with Crippen molar-refractivity contribution in [2.75, 3.05) is 19.8 Å². The smallest absolute Gasteiger partial charge is 0.441 e. The van der Waals surface area contributed by atoms with Crippen molar-refractivity contribution in [1.82, 2.24) is 15.0 Å². The summed E-state index contributed by atoms with van der Waals surface area (Å²) in [6.07, 6.45) is 2.77. The molecule has 0 bridgehead atoms. The highest BCUT2D eigenvalue weighted by atomic mass is 16.6. The molecule has 1 aromatic heterocycles. The number of rotatable bonds is 9. The van der Waals surface area contributed by atoms with E-state index >= 15 is 0 Å². The summed E-state index contributed by atoms with van der Waals surface area (Å²) < 4.78 is 27.2. The lowest BCUT2D eigenvalue weighted by Crippen LogP contribution is -2.17. The van der Waals surface area contributed by atoms with Gasteiger partial charge in [-0.3, -0.25) is 0 Å². The van der Waals surface area contributed by atoms with Crippen molar-refractivity contribution < 1.29 is 33.3 Å². The second-order valence-corrected chi connectivity index (χ2v) is 7.68. The molecule has 0 radical (unpaired) electrons. The molecule has 0 aliphatic carbocycles. The number of esters is 1. The van der Waals surface area contributed by atoms with Crippen molar-refractivity contribution in [1.29, 1.82) is 0 Å². The molecule has 2 aliphatic rings. The van der Waals surface area contributed by atoms with Gasteiger partial charge in [-0.1, -0.05) is 17.3 Å². The van der Waals surface area contributed by atoms with Gasteiger partial charge in [0.15, 0.2) is 5.69 Å². The van der Waals surface area contributed by atoms with Crippen LogP contribution in [-0.4, -0.2) is 59.1 Å². The molecular formula is C23H21N3O7. The van der Waals surface area contributed by atoms with E-state index < -0.39 is 12.1 Å². The van der Waals surface area contributed by atoms with Crippen LogP contribution >= 0.6 is 0 Å². The van der Waals surface area contributed by atoms with E-state index in [-0.39, 0.29) is 11.8 Å². The Balaban J connectivity index is 1.12. The Labute approximate surface area is 189 Å². The minimum atomic E-state index is -0.790. The van der Waals surface area contributed by atoms with Crippen LogP contribution in [0.3, 0.4) is 0 Å². The molecule has 5 rings (SSSR count). The summed E-state index contributed by atoms with van der Waals surface area (Å²) >= 11 is 0. The second kappa shape index (κ2) is 9.39. The van der Waals surface area contributed by atoms with Gasteiger partial charge in [-0.25, -0.2) is 9.59 Å². The third kappa shape index (κ3) is 5.93. The van der Waals surface area contributed by atoms with E-state index in [4.69, 9.17) is 23.7 Å². The van der Waals surface area contributed by atoms with E-state index in [0.717, 1.165) is 35.9 Å². The standard InChI is InChI=1S/C23H21N3O7/c27-22(32-17-9-7-16(8-10-17)29-13-20-14-31-20)21-11-26(25-24-21)23(28)33-18-4-1-15(2-5-18)3-6-19-12-30-19/h1-2,4-5,7-11,19-20H,3,6,12-14H2. The van der Waals surface area contributed by atoms with E-state index in [2.05, 4.69) is 10.3 Å². The summed E-state index contributed by atoms with van der Waals surface area (Å²) in [4.78, 5) is 24.6. The fourth-order valence-electron chi connectivity index (χ4n) is 3.00. The number of hydrogen-bond donors (Lipinski definition) is 0. The summed E-state index contributed by atoms with van der Waals surface area (Å²) in [5.41, 5.74) is 1.00. The number of carbonyl (C=O) groups excluding carboxylic acids is 2. The summed E-state index contributed by atoms with van der Waals surface area (Å²) in [6, 6.07) is 13.8. The molecule has 2 aliphatic heterocycles. The highest BCUT2D eigenvalue weighted by Crippen LogP contribution is 2.21. The maximum atomic E-state index is 12.3. The van der Waals surface area contributed by atoms with Gasteiger partial charge in [-0.15, -0.1) is 5.10 Å². The molecule has 2 fully saturated rings. The van der Waals surface area contributed by atoms with Gasteiger partial charge in [0.2, 0.25) is 0 Å². The largest absolute Gasteiger partial charge is 0.491 e. The van der Waals surface area contributed by atoms with Gasteiger partial charge in [-0.2, -0.15) is 4.68 Å². The predicted octanol–water partition coefficient (Wildman–Crippen LogP) is 2.65. The van der Waals surface area contributed by atoms with Gasteiger partial charge < -0.3 is 23.7 Å². The first-order valence-electron chi connectivity index (χ1n) is 10.5. The van der Waals surface area contributed by atoms with E-state index in [1.165, 1.54) is 0 Å². The Kier molecular flexibility index (Phi) is 6.01. The molecule has 10 heteroatoms. The van der Waals surface area contributed by atoms with Crippen molar-refractivity contribution in [2.24, 2.45) is 0 Å². The third-order valence-electron chi connectivity index (χ3n) is 5.05. The fraction of sp³-hybridized carbons (Fsp3) is 0.304. The Morgan fingerprint density at radius 1 is 0.909 bits per heavy atom. The van der Waals surface area contributed by atoms with Crippen LogP contribution in [-0.2, 0) is 15.9 Å². The van der Waals surface area contributed by atoms with E-state index in [1.807, 2.05) is 12.1 Å². The molecular weight excluding hydrogens is 430 g/mol. The molecule has 0 N–H and O–H groups in total. The Morgan fingerprint density at radius 3 is 2.24 bits per heavy atom. The molecule has 2 unspecified atom stereocenters. The lowest BCUT2D eigenvalue weighted by molar-refractivity contribution is 0.0728. The average Bonchev–Trinajstić information content (AvgIpc) is 3.77. The van der Waals surface area contributed by atoms with Crippen molar-refractivity contribution >= 4 is 12.1 Å². The van der Waals surface area contributed by atoms with Gasteiger partial charge in [-0.05, 0) is 54.8 Å². The highest BCUT2D eigenvalue weighted by molar-refractivity contribution is 5.89. The number of ether oxygens (including phenoxy) is 5. The van der Waals surface area contributed by atoms with Crippen molar-refractivity contribution in [3.05, 3.63) is 66.0 Å². The predicted molar refractivity (Wildman–Crippen MR) is 113 cm³/mol. The number of aromatic nitrogens is 3. The SMILES string of the molecule is O=C(Oc1ccc(OCC2CO2)cc1)c1cn(C(=O)Oc2ccc(CCC3CO3)cc2)nn1. The Bertz CT molecular complexity index is 1030. The van der Waals surface area contributed by atoms with Gasteiger partial charge in [0, 0.05) is 0 Å². The van der Waals surface area contributed by atoms with Crippen LogP contribution < -0.4 is 14.2 Å². The summed E-state index contributed by atoms with van der Waals surface area (Å²) in [5.74, 6) is 0.559. The topological polar surface area (TPSA) is 118 Å². The zero-order valence-electron chi connectivity index (χ0n) is 17.6. The van der Waals surface area contributed by atoms with Crippen molar-refractivity contribution in [3.63, 3.8) is 0 Å². The van der Waals surface area contributed by atoms with Crippen LogP contribution in [0.4, 0.5) is 4.79 Å². The van der Waals surface area contributed by atoms with E-state index in [9.17, 15) is 9.59 Å². The maximum Gasteiger partial charge on any atom is 0.441 e. The molecule has 0 spiro atoms. The lowest BCUT2D eigenvalue weighted by atomic mass is 10.1. The number of benzene rings is 2. The van der Waals surface area contributed by atoms with Gasteiger partial charge in [0.1, 0.15) is 30.0 Å². The van der Waals surface area contributed by atoms with Crippen molar-refractivity contribution in [2.45, 2.75) is 25.0 Å². The van der Waals surface area contributed by atoms with Gasteiger partial charge in [0.25, 0.3) is 0 Å². The fourth-order valence-corrected chi connectivity index (χ4v) is 3.00. The molecule has 2 atom stereocenters. The van der Waals surface area contributed by atoms with Crippen molar-refractivity contribution in [3.8, 4) is 17.2 Å². The van der Waals surface area contributed by atoms with Crippen LogP contribution in [0.5, 0.6) is 17.2 Å². The van der Waals surface area contributed by atoms with Gasteiger partial charge in [0.05, 0.1) is 25.5 Å². The van der Waals surface area contributed by atoms with E-state index in [0.29, 0.717) is 36.6 Å². The summed E-state index contributed by atoms with van der Waals surface area (Å²) in [5, 5.41) is 7.35. The molecule has 10 nitrogen and oxygen atoms in total. The normalized spacial score (nSPS) is 18.4. The number of aryl methyl sites for hydroxylation is 1. The first-order valence-corrected chi connectivity index (χ1v) is 10.5. The minimum Gasteiger partial charge on any atom is -0.491 e. The van der Waals surface area contributed by atoms with Crippen LogP contribution in [0, 0.1) is 0 Å². The third-order valence-corrected chi connectivity index (χ3v) is 5.05. The first kappa shape index (κ1) is 21.1. The minimum absolute atomic E-state index is 0.129. The lowest BCUT2D eigenvalue weighted by Gasteiger charge is -2.06. The maximum absolute atomic E-state index is 12.3. The molecule has 2 saturated heterocycles. The quantitative estimate of drug-likeness (QED) is 0.275. The number of carbonyl (C=O) groups is 2. The Morgan fingerprint density at radius 2 is 1.55 bits per heavy atom. The molecule has 33 heavy (non-hydrogen) atoms. The molecule has 3 aromatic rings. The molecule has 0 saturated carbocycles. The number of hydrogen-bond acceptors (Lipinski definition) is 9. The highest BCUT2D eigenvalue weighted by Gasteiger charge is 2.23. The van der Waals surface area contributed by atoms with E-state index in [1.54, 1.807) is 36.4 Å². The number of epoxide rings is 2. The van der Waals surface area contributed by atoms with Gasteiger partial charge >= 0.3 is 12.1 Å². The summed E-state index contributed by atoms with van der Waals surface area (Å²) in [7, 11) is 0. The van der Waals surface area contributed by atoms with Crippen LogP contribution in [0.15, 0.2) is 54.7 Å². The van der Waals surface area contributed by atoms with Crippen LogP contribution in [0.1, 0.15) is 22.5 Å². The molecule has 0 amide bonds. The zero-order valence-corrected chi connectivity index (χ0v) is 17.6. The monoisotopic (exact) mass is 451 g/mol. The second-order valence-electron chi connectivity index (χ2n) is 7.68. The average molecular weight is 451 g/mol. The number of nitrogens with zero attached hydrogens (tertiary/aromatic N) is 3. The zero-order chi connectivity index (χ0) is 22.6. The summed E-state index contributed by atoms with van der Waals surface area (Å²) in [6.45, 7) is 2.03. The molecule has 2 aromatic carbocycles. The van der Waals surface area contributed by atoms with Crippen LogP contribution in [0.25, 0.3) is 0 Å². The molecule has 170 valence electrons. The first-order chi connectivity index (χ1) is 16.1. The molecule has 3 heterocycles.